The standard InChI is InChI=1S/C29H38FN3O2/c1-20-16-25(28(34)31-11-8-14-32-12-6-7-13-32)17-21(2)27(20)33-19-23(15-22(3)29(33)35)18-24-9-4-5-10-26(24)30/h4-5,9-10,16-17,22-23H,6-8,11-15,18-19H2,1-3H3,(H,31,34)/t22-,23-/m1/s1. The van der Waals surface area contributed by atoms with Crippen molar-refractivity contribution in [1.29, 1.82) is 0 Å². The van der Waals surface area contributed by atoms with Crippen molar-refractivity contribution in [2.75, 3.05) is 37.6 Å². The highest BCUT2D eigenvalue weighted by atomic mass is 19.1. The van der Waals surface area contributed by atoms with Crippen LogP contribution in [0.1, 0.15) is 59.7 Å². The molecule has 2 aliphatic heterocycles. The molecule has 2 saturated heterocycles. The molecule has 0 spiro atoms. The second-order valence-electron chi connectivity index (χ2n) is 10.4. The summed E-state index contributed by atoms with van der Waals surface area (Å²) in [6, 6.07) is 10.7. The van der Waals surface area contributed by atoms with Crippen LogP contribution >= 0.6 is 0 Å². The van der Waals surface area contributed by atoms with Crippen LogP contribution in [0.15, 0.2) is 36.4 Å². The topological polar surface area (TPSA) is 52.7 Å². The van der Waals surface area contributed by atoms with Crippen LogP contribution in [0, 0.1) is 31.5 Å². The van der Waals surface area contributed by atoms with Gasteiger partial charge in [0.15, 0.2) is 0 Å². The first kappa shape index (κ1) is 25.4. The summed E-state index contributed by atoms with van der Waals surface area (Å²) in [6.07, 6.45) is 4.86. The largest absolute Gasteiger partial charge is 0.352 e. The third kappa shape index (κ3) is 6.10. The van der Waals surface area contributed by atoms with Crippen molar-refractivity contribution >= 4 is 17.5 Å². The maximum atomic E-state index is 14.3. The molecule has 2 amide bonds. The number of halogens is 1. The van der Waals surface area contributed by atoms with E-state index < -0.39 is 0 Å². The lowest BCUT2D eigenvalue weighted by Crippen LogP contribution is -2.46. The molecule has 2 aliphatic rings. The van der Waals surface area contributed by atoms with Crippen LogP contribution in [-0.4, -0.2) is 49.4 Å². The zero-order chi connectivity index (χ0) is 24.9. The van der Waals surface area contributed by atoms with Gasteiger partial charge in [-0.05, 0) is 106 Å². The molecule has 1 N–H and O–H groups in total. The van der Waals surface area contributed by atoms with Crippen molar-refractivity contribution in [3.63, 3.8) is 0 Å². The van der Waals surface area contributed by atoms with Crippen LogP contribution < -0.4 is 10.2 Å². The molecule has 0 aromatic heterocycles. The lowest BCUT2D eigenvalue weighted by Gasteiger charge is -2.38. The Morgan fingerprint density at radius 3 is 2.49 bits per heavy atom. The number of benzene rings is 2. The molecule has 0 bridgehead atoms. The molecular weight excluding hydrogens is 441 g/mol. The number of nitrogens with zero attached hydrogens (tertiary/aromatic N) is 2. The van der Waals surface area contributed by atoms with Crippen LogP contribution in [0.4, 0.5) is 10.1 Å². The summed E-state index contributed by atoms with van der Waals surface area (Å²) in [6.45, 7) is 10.5. The second kappa shape index (κ2) is 11.3. The molecule has 5 nitrogen and oxygen atoms in total. The average Bonchev–Trinajstić information content (AvgIpc) is 3.34. The molecule has 0 unspecified atom stereocenters. The van der Waals surface area contributed by atoms with E-state index in [-0.39, 0.29) is 29.5 Å². The normalized spacial score (nSPS) is 20.9. The van der Waals surface area contributed by atoms with E-state index in [2.05, 4.69) is 10.2 Å². The van der Waals surface area contributed by atoms with Crippen LogP contribution in [0.5, 0.6) is 0 Å². The Labute approximate surface area is 208 Å². The van der Waals surface area contributed by atoms with Gasteiger partial charge in [-0.15, -0.1) is 0 Å². The van der Waals surface area contributed by atoms with E-state index >= 15 is 0 Å². The number of nitrogens with one attached hydrogen (secondary N) is 1. The Kier molecular flexibility index (Phi) is 8.22. The van der Waals surface area contributed by atoms with E-state index in [1.54, 1.807) is 6.07 Å². The molecule has 188 valence electrons. The molecule has 0 radical (unpaired) electrons. The van der Waals surface area contributed by atoms with Gasteiger partial charge in [0, 0.05) is 30.3 Å². The fourth-order valence-electron chi connectivity index (χ4n) is 5.74. The minimum Gasteiger partial charge on any atom is -0.352 e. The van der Waals surface area contributed by atoms with Gasteiger partial charge in [-0.2, -0.15) is 0 Å². The highest BCUT2D eigenvalue weighted by Crippen LogP contribution is 2.34. The first-order valence-electron chi connectivity index (χ1n) is 13.0. The zero-order valence-electron chi connectivity index (χ0n) is 21.3. The first-order valence-corrected chi connectivity index (χ1v) is 13.0. The van der Waals surface area contributed by atoms with Crippen LogP contribution in [0.2, 0.25) is 0 Å². The summed E-state index contributed by atoms with van der Waals surface area (Å²) in [5.41, 5.74) is 4.04. The van der Waals surface area contributed by atoms with Gasteiger partial charge in [0.05, 0.1) is 0 Å². The zero-order valence-corrected chi connectivity index (χ0v) is 21.3. The Balaban J connectivity index is 1.43. The Bertz CT molecular complexity index is 1040. The third-order valence-electron chi connectivity index (χ3n) is 7.44. The number of carbonyl (C=O) groups is 2. The first-order chi connectivity index (χ1) is 16.8. The number of hydrogen-bond donors (Lipinski definition) is 1. The minimum absolute atomic E-state index is 0.0695. The van der Waals surface area contributed by atoms with Gasteiger partial charge in [0.2, 0.25) is 5.91 Å². The third-order valence-corrected chi connectivity index (χ3v) is 7.44. The lowest BCUT2D eigenvalue weighted by molar-refractivity contribution is -0.124. The van der Waals surface area contributed by atoms with Crippen molar-refractivity contribution in [3.05, 3.63) is 64.5 Å². The van der Waals surface area contributed by atoms with Gasteiger partial charge >= 0.3 is 0 Å². The quantitative estimate of drug-likeness (QED) is 0.549. The molecule has 4 rings (SSSR count). The Morgan fingerprint density at radius 1 is 1.11 bits per heavy atom. The molecule has 2 fully saturated rings. The summed E-state index contributed by atoms with van der Waals surface area (Å²) in [5.74, 6) is -0.110. The van der Waals surface area contributed by atoms with E-state index in [1.165, 1.54) is 32.0 Å². The van der Waals surface area contributed by atoms with Crippen molar-refractivity contribution in [2.24, 2.45) is 11.8 Å². The molecule has 0 saturated carbocycles. The number of amides is 2. The highest BCUT2D eigenvalue weighted by molar-refractivity contribution is 5.99. The van der Waals surface area contributed by atoms with E-state index in [1.807, 2.05) is 49.9 Å². The molecule has 2 atom stereocenters. The molecule has 2 heterocycles. The highest BCUT2D eigenvalue weighted by Gasteiger charge is 2.34. The van der Waals surface area contributed by atoms with E-state index in [0.717, 1.165) is 36.2 Å². The van der Waals surface area contributed by atoms with Gasteiger partial charge in [0.25, 0.3) is 5.91 Å². The maximum Gasteiger partial charge on any atom is 0.251 e. The molecular formula is C29H38FN3O2. The predicted octanol–water partition coefficient (Wildman–Crippen LogP) is 4.89. The van der Waals surface area contributed by atoms with Crippen molar-refractivity contribution in [1.82, 2.24) is 10.2 Å². The SMILES string of the molecule is Cc1cc(C(=O)NCCCN2CCCC2)cc(C)c1N1C[C@@H](Cc2ccccc2F)C[C@@H](C)C1=O. The van der Waals surface area contributed by atoms with Gasteiger partial charge in [-0.1, -0.05) is 25.1 Å². The average molecular weight is 480 g/mol. The predicted molar refractivity (Wildman–Crippen MR) is 138 cm³/mol. The molecule has 35 heavy (non-hydrogen) atoms. The maximum absolute atomic E-state index is 14.3. The van der Waals surface area contributed by atoms with Crippen molar-refractivity contribution in [3.8, 4) is 0 Å². The number of rotatable bonds is 8. The lowest BCUT2D eigenvalue weighted by atomic mass is 9.84. The number of aryl methyl sites for hydroxylation is 2. The van der Waals surface area contributed by atoms with Crippen LogP contribution in [-0.2, 0) is 11.2 Å². The molecule has 2 aromatic carbocycles. The number of piperidine rings is 1. The Hall–Kier alpha value is -2.73. The smallest absolute Gasteiger partial charge is 0.251 e. The molecule has 6 heteroatoms. The summed E-state index contributed by atoms with van der Waals surface area (Å²) in [7, 11) is 0. The van der Waals surface area contributed by atoms with Crippen molar-refractivity contribution in [2.45, 2.75) is 52.9 Å². The summed E-state index contributed by atoms with van der Waals surface area (Å²) in [5, 5.41) is 3.05. The van der Waals surface area contributed by atoms with Crippen molar-refractivity contribution < 1.29 is 14.0 Å². The van der Waals surface area contributed by atoms with E-state index in [0.29, 0.717) is 30.6 Å². The fraction of sp³-hybridized carbons (Fsp3) is 0.517. The fourth-order valence-corrected chi connectivity index (χ4v) is 5.74. The number of anilines is 1. The van der Waals surface area contributed by atoms with Gasteiger partial charge in [-0.3, -0.25) is 9.59 Å². The van der Waals surface area contributed by atoms with Crippen LogP contribution in [0.25, 0.3) is 0 Å². The van der Waals surface area contributed by atoms with E-state index in [4.69, 9.17) is 0 Å². The van der Waals surface area contributed by atoms with Crippen LogP contribution in [0.3, 0.4) is 0 Å². The van der Waals surface area contributed by atoms with Gasteiger partial charge < -0.3 is 15.1 Å². The summed E-state index contributed by atoms with van der Waals surface area (Å²) in [4.78, 5) is 30.3. The molecule has 2 aromatic rings. The number of carbonyl (C=O) groups excluding carboxylic acids is 2. The number of hydrogen-bond acceptors (Lipinski definition) is 3. The summed E-state index contributed by atoms with van der Waals surface area (Å²) < 4.78 is 14.3. The summed E-state index contributed by atoms with van der Waals surface area (Å²) >= 11 is 0. The number of likely N-dealkylation sites (tertiary alicyclic amines) is 1. The van der Waals surface area contributed by atoms with E-state index in [9.17, 15) is 14.0 Å². The minimum atomic E-state index is -0.188. The van der Waals surface area contributed by atoms with Gasteiger partial charge in [0.1, 0.15) is 5.82 Å². The van der Waals surface area contributed by atoms with Gasteiger partial charge in [-0.25, -0.2) is 4.39 Å². The Morgan fingerprint density at radius 2 is 1.80 bits per heavy atom. The second-order valence-corrected chi connectivity index (χ2v) is 10.4. The molecule has 0 aliphatic carbocycles. The monoisotopic (exact) mass is 479 g/mol.